The zero-order valence-electron chi connectivity index (χ0n) is 13.0. The van der Waals surface area contributed by atoms with E-state index in [1.165, 1.54) is 6.07 Å². The van der Waals surface area contributed by atoms with Crippen molar-refractivity contribution in [3.63, 3.8) is 0 Å². The minimum absolute atomic E-state index is 0.254. The maximum absolute atomic E-state index is 13.8. The second kappa shape index (κ2) is 9.18. The fourth-order valence-electron chi connectivity index (χ4n) is 1.78. The maximum atomic E-state index is 13.8. The van der Waals surface area contributed by atoms with Crippen LogP contribution in [0, 0.1) is 5.82 Å². The average Bonchev–Trinajstić information content (AvgIpc) is 2.44. The van der Waals surface area contributed by atoms with Crippen LogP contribution < -0.4 is 16.0 Å². The Hall–Kier alpha value is -1.82. The first-order chi connectivity index (χ1) is 10.0. The number of ether oxygens (including phenoxy) is 1. The van der Waals surface area contributed by atoms with Crippen LogP contribution in [0.15, 0.2) is 23.2 Å². The van der Waals surface area contributed by atoms with Crippen molar-refractivity contribution in [1.29, 1.82) is 0 Å². The number of nitrogens with one attached hydrogen (secondary N) is 1. The molecule has 1 aromatic carbocycles. The molecule has 0 aliphatic heterocycles. The molecule has 0 saturated carbocycles. The van der Waals surface area contributed by atoms with E-state index in [1.54, 1.807) is 25.1 Å². The molecule has 0 unspecified atom stereocenters. The number of hydrogen-bond donors (Lipinski definition) is 2. The van der Waals surface area contributed by atoms with Gasteiger partial charge >= 0.3 is 0 Å². The van der Waals surface area contributed by atoms with Gasteiger partial charge in [0, 0.05) is 33.9 Å². The van der Waals surface area contributed by atoms with E-state index < -0.39 is 0 Å². The molecular weight excluding hydrogens is 271 g/mol. The molecular formula is C15H25FN4O. The van der Waals surface area contributed by atoms with Crippen molar-refractivity contribution in [1.82, 2.24) is 5.32 Å². The quantitative estimate of drug-likeness (QED) is 0.435. The van der Waals surface area contributed by atoms with Crippen LogP contribution in [-0.2, 0) is 11.3 Å². The van der Waals surface area contributed by atoms with Crippen molar-refractivity contribution in [2.45, 2.75) is 19.9 Å². The van der Waals surface area contributed by atoms with E-state index in [0.29, 0.717) is 31.3 Å². The van der Waals surface area contributed by atoms with Crippen molar-refractivity contribution >= 4 is 11.6 Å². The Morgan fingerprint density at radius 1 is 1.43 bits per heavy atom. The topological polar surface area (TPSA) is 62.9 Å². The number of anilines is 1. The Balaban J connectivity index is 2.42. The minimum atomic E-state index is -0.254. The lowest BCUT2D eigenvalue weighted by molar-refractivity contribution is 0.145. The van der Waals surface area contributed by atoms with Crippen LogP contribution in [0.1, 0.15) is 18.9 Å². The zero-order valence-corrected chi connectivity index (χ0v) is 13.0. The van der Waals surface area contributed by atoms with Crippen molar-refractivity contribution in [3.05, 3.63) is 29.6 Å². The third kappa shape index (κ3) is 6.44. The smallest absolute Gasteiger partial charge is 0.188 e. The lowest BCUT2D eigenvalue weighted by atomic mass is 10.2. The van der Waals surface area contributed by atoms with E-state index in [1.807, 2.05) is 13.0 Å². The lowest BCUT2D eigenvalue weighted by Crippen LogP contribution is -2.32. The van der Waals surface area contributed by atoms with Gasteiger partial charge in [-0.1, -0.05) is 6.07 Å². The molecule has 0 amide bonds. The first-order valence-corrected chi connectivity index (χ1v) is 7.12. The molecule has 3 N–H and O–H groups in total. The summed E-state index contributed by atoms with van der Waals surface area (Å²) in [5.74, 6) is 0.111. The van der Waals surface area contributed by atoms with E-state index in [2.05, 4.69) is 10.3 Å². The van der Waals surface area contributed by atoms with E-state index in [4.69, 9.17) is 10.5 Å². The fraction of sp³-hybridized carbons (Fsp3) is 0.533. The summed E-state index contributed by atoms with van der Waals surface area (Å²) in [5, 5.41) is 3.00. The molecule has 0 atom stereocenters. The number of benzene rings is 1. The second-order valence-corrected chi connectivity index (χ2v) is 4.86. The Bertz CT molecular complexity index is 463. The number of nitrogens with zero attached hydrogens (tertiary/aromatic N) is 2. The highest BCUT2D eigenvalue weighted by atomic mass is 19.1. The van der Waals surface area contributed by atoms with Crippen LogP contribution in [-0.4, -0.2) is 39.8 Å². The number of aliphatic imine (C=N–C) groups is 1. The lowest BCUT2D eigenvalue weighted by Gasteiger charge is -2.13. The average molecular weight is 296 g/mol. The highest BCUT2D eigenvalue weighted by molar-refractivity contribution is 5.77. The van der Waals surface area contributed by atoms with Gasteiger partial charge in [-0.2, -0.15) is 0 Å². The van der Waals surface area contributed by atoms with Gasteiger partial charge in [-0.25, -0.2) is 9.38 Å². The van der Waals surface area contributed by atoms with Gasteiger partial charge in [0.2, 0.25) is 0 Å². The highest BCUT2D eigenvalue weighted by Crippen LogP contribution is 2.18. The normalized spacial score (nSPS) is 11.5. The molecule has 0 bridgehead atoms. The summed E-state index contributed by atoms with van der Waals surface area (Å²) in [5.41, 5.74) is 7.10. The molecule has 0 fully saturated rings. The molecule has 5 nitrogen and oxygen atoms in total. The van der Waals surface area contributed by atoms with Crippen molar-refractivity contribution in [3.8, 4) is 0 Å². The predicted molar refractivity (Wildman–Crippen MR) is 85.2 cm³/mol. The van der Waals surface area contributed by atoms with Gasteiger partial charge in [0.15, 0.2) is 5.96 Å². The summed E-state index contributed by atoms with van der Waals surface area (Å²) >= 11 is 0. The number of guanidine groups is 1. The van der Waals surface area contributed by atoms with Gasteiger partial charge in [-0.3, -0.25) is 0 Å². The summed E-state index contributed by atoms with van der Waals surface area (Å²) in [6.07, 6.45) is 0.871. The molecule has 118 valence electrons. The van der Waals surface area contributed by atoms with Crippen LogP contribution in [0.4, 0.5) is 10.1 Å². The van der Waals surface area contributed by atoms with Crippen LogP contribution in [0.3, 0.4) is 0 Å². The molecule has 0 aromatic heterocycles. The van der Waals surface area contributed by atoms with Crippen molar-refractivity contribution < 1.29 is 9.13 Å². The Morgan fingerprint density at radius 3 is 2.81 bits per heavy atom. The number of hydrogen-bond acceptors (Lipinski definition) is 3. The molecule has 0 heterocycles. The Labute approximate surface area is 126 Å². The van der Waals surface area contributed by atoms with E-state index in [-0.39, 0.29) is 5.82 Å². The standard InChI is InChI=1S/C15H25FN4O/c1-4-21-9-5-8-18-15(17)19-11-12-6-7-14(20(2)3)13(16)10-12/h6-7,10H,4-5,8-9,11H2,1-3H3,(H3,17,18,19). The van der Waals surface area contributed by atoms with Crippen molar-refractivity contribution in [2.24, 2.45) is 10.7 Å². The Kier molecular flexibility index (Phi) is 7.53. The van der Waals surface area contributed by atoms with Gasteiger partial charge in [-0.05, 0) is 31.0 Å². The minimum Gasteiger partial charge on any atom is -0.382 e. The molecule has 21 heavy (non-hydrogen) atoms. The van der Waals surface area contributed by atoms with Gasteiger partial charge in [0.05, 0.1) is 12.2 Å². The monoisotopic (exact) mass is 296 g/mol. The van der Waals surface area contributed by atoms with Gasteiger partial charge < -0.3 is 20.7 Å². The van der Waals surface area contributed by atoms with Gasteiger partial charge in [-0.15, -0.1) is 0 Å². The van der Waals surface area contributed by atoms with Crippen LogP contribution in [0.5, 0.6) is 0 Å². The SMILES string of the molecule is CCOCCCNC(N)=NCc1ccc(N(C)C)c(F)c1. The van der Waals surface area contributed by atoms with E-state index in [0.717, 1.165) is 18.6 Å². The van der Waals surface area contributed by atoms with E-state index >= 15 is 0 Å². The molecule has 0 radical (unpaired) electrons. The number of halogens is 1. The number of nitrogens with two attached hydrogens (primary N) is 1. The first kappa shape index (κ1) is 17.2. The van der Waals surface area contributed by atoms with Crippen LogP contribution in [0.25, 0.3) is 0 Å². The molecule has 0 saturated heterocycles. The van der Waals surface area contributed by atoms with Crippen molar-refractivity contribution in [2.75, 3.05) is 38.8 Å². The molecule has 1 rings (SSSR count). The predicted octanol–water partition coefficient (Wildman–Crippen LogP) is 1.72. The van der Waals surface area contributed by atoms with Gasteiger partial charge in [0.1, 0.15) is 5.82 Å². The van der Waals surface area contributed by atoms with E-state index in [9.17, 15) is 4.39 Å². The third-order valence-corrected chi connectivity index (χ3v) is 2.90. The summed E-state index contributed by atoms with van der Waals surface area (Å²) in [6.45, 7) is 4.45. The summed E-state index contributed by atoms with van der Waals surface area (Å²) in [6, 6.07) is 5.08. The van der Waals surface area contributed by atoms with Crippen LogP contribution >= 0.6 is 0 Å². The molecule has 0 aliphatic rings. The molecule has 1 aromatic rings. The fourth-order valence-corrected chi connectivity index (χ4v) is 1.78. The molecule has 6 heteroatoms. The van der Waals surface area contributed by atoms with Gasteiger partial charge in [0.25, 0.3) is 0 Å². The highest BCUT2D eigenvalue weighted by Gasteiger charge is 2.04. The molecule has 0 aliphatic carbocycles. The Morgan fingerprint density at radius 2 is 2.19 bits per heavy atom. The largest absolute Gasteiger partial charge is 0.382 e. The number of rotatable bonds is 8. The summed E-state index contributed by atoms with van der Waals surface area (Å²) < 4.78 is 19.0. The second-order valence-electron chi connectivity index (χ2n) is 4.86. The molecule has 0 spiro atoms. The maximum Gasteiger partial charge on any atom is 0.188 e. The summed E-state index contributed by atoms with van der Waals surface area (Å²) in [4.78, 5) is 5.92. The third-order valence-electron chi connectivity index (χ3n) is 2.90. The zero-order chi connectivity index (χ0) is 15.7. The first-order valence-electron chi connectivity index (χ1n) is 7.12. The van der Waals surface area contributed by atoms with Crippen LogP contribution in [0.2, 0.25) is 0 Å². The summed E-state index contributed by atoms with van der Waals surface area (Å²) in [7, 11) is 3.61.